The lowest BCUT2D eigenvalue weighted by atomic mass is 10.1. The van der Waals surface area contributed by atoms with Crippen molar-refractivity contribution in [2.75, 3.05) is 0 Å². The van der Waals surface area contributed by atoms with Crippen molar-refractivity contribution >= 4 is 11.9 Å². The Bertz CT molecular complexity index is 976. The van der Waals surface area contributed by atoms with Gasteiger partial charge in [-0.2, -0.15) is 0 Å². The minimum atomic E-state index is -0.0219. The molecule has 3 aromatic rings. The maximum atomic E-state index is 12.5. The summed E-state index contributed by atoms with van der Waals surface area (Å²) in [5.41, 5.74) is 3.77. The van der Waals surface area contributed by atoms with Crippen LogP contribution in [-0.4, -0.2) is 15.9 Å². The summed E-state index contributed by atoms with van der Waals surface area (Å²) in [4.78, 5) is 16.7. The molecule has 4 rings (SSSR count). The predicted molar refractivity (Wildman–Crippen MR) is 99.1 cm³/mol. The molecule has 1 aliphatic carbocycles. The van der Waals surface area contributed by atoms with Crippen LogP contribution >= 0.6 is 0 Å². The molecule has 0 unspecified atom stereocenters. The van der Waals surface area contributed by atoms with Gasteiger partial charge in [-0.25, -0.2) is 0 Å². The van der Waals surface area contributed by atoms with Gasteiger partial charge in [0.2, 0.25) is 0 Å². The number of fused-ring (bicyclic) bond motifs is 1. The summed E-state index contributed by atoms with van der Waals surface area (Å²) in [6.45, 7) is 0.411. The van der Waals surface area contributed by atoms with Gasteiger partial charge in [-0.05, 0) is 42.0 Å². The molecule has 0 radical (unpaired) electrons. The van der Waals surface area contributed by atoms with Gasteiger partial charge in [0.25, 0.3) is 0 Å². The number of ketones is 1. The van der Waals surface area contributed by atoms with E-state index in [1.165, 1.54) is 0 Å². The summed E-state index contributed by atoms with van der Waals surface area (Å²) in [6, 6.07) is 18.4. The number of aromatic hydroxyl groups is 1. The topological polar surface area (TPSA) is 59.4 Å². The molecule has 2 aromatic carbocycles. The minimum Gasteiger partial charge on any atom is -0.508 e. The van der Waals surface area contributed by atoms with Crippen LogP contribution < -0.4 is 4.74 Å². The second kappa shape index (κ2) is 6.84. The summed E-state index contributed by atoms with van der Waals surface area (Å²) in [5, 5.41) is 9.92. The Balaban J connectivity index is 1.47. The quantitative estimate of drug-likeness (QED) is 0.722. The Kier molecular flexibility index (Phi) is 4.23. The number of aromatic nitrogens is 1. The summed E-state index contributed by atoms with van der Waals surface area (Å²) in [6.07, 6.45) is 4.06. The van der Waals surface area contributed by atoms with Gasteiger partial charge in [0.15, 0.2) is 5.78 Å². The standard InChI is InChI=1S/C22H17NO3/c24-21-6-3-5-19-20(21)13-16(22(19)25)12-15-7-9-18(10-8-15)26-14-17-4-1-2-11-23-17/h1-12,24H,13-14H2/b16-12+. The Hall–Kier alpha value is -3.40. The molecule has 0 bridgehead atoms. The van der Waals surface area contributed by atoms with E-state index >= 15 is 0 Å². The van der Waals surface area contributed by atoms with E-state index in [0.717, 1.165) is 17.0 Å². The van der Waals surface area contributed by atoms with E-state index in [-0.39, 0.29) is 11.5 Å². The third-order valence-electron chi connectivity index (χ3n) is 4.39. The van der Waals surface area contributed by atoms with Crippen LogP contribution in [0.4, 0.5) is 0 Å². The molecule has 0 spiro atoms. The second-order valence-electron chi connectivity index (χ2n) is 6.16. The molecule has 26 heavy (non-hydrogen) atoms. The average molecular weight is 343 g/mol. The predicted octanol–water partition coefficient (Wildman–Crippen LogP) is 4.19. The minimum absolute atomic E-state index is 0.0219. The number of phenols is 1. The molecule has 4 nitrogen and oxygen atoms in total. The molecule has 1 aliphatic rings. The van der Waals surface area contributed by atoms with Gasteiger partial charge in [0, 0.05) is 29.3 Å². The highest BCUT2D eigenvalue weighted by Gasteiger charge is 2.26. The fourth-order valence-electron chi connectivity index (χ4n) is 3.04. The molecule has 1 heterocycles. The van der Waals surface area contributed by atoms with Crippen LogP contribution in [0.3, 0.4) is 0 Å². The molecule has 0 atom stereocenters. The molecule has 0 saturated carbocycles. The molecule has 1 aromatic heterocycles. The number of ether oxygens (including phenoxy) is 1. The Morgan fingerprint density at radius 3 is 2.62 bits per heavy atom. The second-order valence-corrected chi connectivity index (χ2v) is 6.16. The van der Waals surface area contributed by atoms with Crippen LogP contribution in [-0.2, 0) is 13.0 Å². The lowest BCUT2D eigenvalue weighted by Crippen LogP contribution is -1.97. The third kappa shape index (κ3) is 3.22. The highest BCUT2D eigenvalue weighted by atomic mass is 16.5. The van der Waals surface area contributed by atoms with Gasteiger partial charge in [0.1, 0.15) is 18.1 Å². The van der Waals surface area contributed by atoms with E-state index in [2.05, 4.69) is 4.98 Å². The molecular formula is C22H17NO3. The zero-order valence-electron chi connectivity index (χ0n) is 14.1. The zero-order chi connectivity index (χ0) is 17.9. The van der Waals surface area contributed by atoms with Crippen LogP contribution in [0.15, 0.2) is 72.4 Å². The highest BCUT2D eigenvalue weighted by molar-refractivity contribution is 6.16. The SMILES string of the molecule is O=C1/C(=C/c2ccc(OCc3ccccn3)cc2)Cc2c(O)cccc21. The number of hydrogen-bond donors (Lipinski definition) is 1. The van der Waals surface area contributed by atoms with E-state index in [0.29, 0.717) is 29.7 Å². The van der Waals surface area contributed by atoms with E-state index < -0.39 is 0 Å². The largest absolute Gasteiger partial charge is 0.508 e. The van der Waals surface area contributed by atoms with Gasteiger partial charge in [-0.1, -0.05) is 30.3 Å². The summed E-state index contributed by atoms with van der Waals surface area (Å²) < 4.78 is 5.72. The first-order valence-electron chi connectivity index (χ1n) is 8.39. The fraction of sp³-hybridized carbons (Fsp3) is 0.0909. The van der Waals surface area contributed by atoms with Crippen molar-refractivity contribution in [1.29, 1.82) is 0 Å². The van der Waals surface area contributed by atoms with Crippen molar-refractivity contribution in [2.24, 2.45) is 0 Å². The molecule has 0 saturated heterocycles. The van der Waals surface area contributed by atoms with E-state index in [9.17, 15) is 9.90 Å². The highest BCUT2D eigenvalue weighted by Crippen LogP contribution is 2.33. The number of Topliss-reactive ketones (excluding diaryl/α,β-unsaturated/α-hetero) is 1. The van der Waals surface area contributed by atoms with Gasteiger partial charge < -0.3 is 9.84 Å². The number of phenolic OH excluding ortho intramolecular Hbond substituents is 1. The lowest BCUT2D eigenvalue weighted by Gasteiger charge is -2.06. The number of hydrogen-bond acceptors (Lipinski definition) is 4. The van der Waals surface area contributed by atoms with Crippen molar-refractivity contribution < 1.29 is 14.6 Å². The molecular weight excluding hydrogens is 326 g/mol. The maximum absolute atomic E-state index is 12.5. The van der Waals surface area contributed by atoms with Gasteiger partial charge in [0.05, 0.1) is 5.69 Å². The average Bonchev–Trinajstić information content (AvgIpc) is 2.99. The smallest absolute Gasteiger partial charge is 0.189 e. The third-order valence-corrected chi connectivity index (χ3v) is 4.39. The Morgan fingerprint density at radius 1 is 1.04 bits per heavy atom. The molecule has 0 fully saturated rings. The van der Waals surface area contributed by atoms with Crippen molar-refractivity contribution in [3.8, 4) is 11.5 Å². The fourth-order valence-corrected chi connectivity index (χ4v) is 3.04. The number of nitrogens with zero attached hydrogens (tertiary/aromatic N) is 1. The van der Waals surface area contributed by atoms with Crippen molar-refractivity contribution in [2.45, 2.75) is 13.0 Å². The van der Waals surface area contributed by atoms with Gasteiger partial charge in [-0.3, -0.25) is 9.78 Å². The Labute approximate surface area is 151 Å². The number of allylic oxidation sites excluding steroid dienone is 1. The number of carbonyl (C=O) groups excluding carboxylic acids is 1. The monoisotopic (exact) mass is 343 g/mol. The number of rotatable bonds is 4. The van der Waals surface area contributed by atoms with Crippen LogP contribution in [0.25, 0.3) is 6.08 Å². The first kappa shape index (κ1) is 16.1. The van der Waals surface area contributed by atoms with E-state index in [4.69, 9.17) is 4.74 Å². The van der Waals surface area contributed by atoms with E-state index in [1.807, 2.05) is 48.5 Å². The van der Waals surface area contributed by atoms with Crippen molar-refractivity contribution in [1.82, 2.24) is 4.98 Å². The van der Waals surface area contributed by atoms with E-state index in [1.54, 1.807) is 24.4 Å². The van der Waals surface area contributed by atoms with Crippen molar-refractivity contribution in [3.63, 3.8) is 0 Å². The first-order valence-corrected chi connectivity index (χ1v) is 8.39. The van der Waals surface area contributed by atoms with Crippen LogP contribution in [0.5, 0.6) is 11.5 Å². The maximum Gasteiger partial charge on any atom is 0.189 e. The summed E-state index contributed by atoms with van der Waals surface area (Å²) >= 11 is 0. The first-order chi connectivity index (χ1) is 12.7. The van der Waals surface area contributed by atoms with Gasteiger partial charge in [-0.15, -0.1) is 0 Å². The van der Waals surface area contributed by atoms with Crippen LogP contribution in [0.1, 0.15) is 27.2 Å². The summed E-state index contributed by atoms with van der Waals surface area (Å²) in [5.74, 6) is 0.903. The molecule has 0 aliphatic heterocycles. The number of pyridine rings is 1. The van der Waals surface area contributed by atoms with Crippen LogP contribution in [0, 0.1) is 0 Å². The summed E-state index contributed by atoms with van der Waals surface area (Å²) in [7, 11) is 0. The van der Waals surface area contributed by atoms with Crippen LogP contribution in [0.2, 0.25) is 0 Å². The zero-order valence-corrected chi connectivity index (χ0v) is 14.1. The Morgan fingerprint density at radius 2 is 1.88 bits per heavy atom. The molecule has 128 valence electrons. The number of benzene rings is 2. The molecule has 0 amide bonds. The van der Waals surface area contributed by atoms with Crippen molar-refractivity contribution in [3.05, 3.63) is 94.8 Å². The van der Waals surface area contributed by atoms with Gasteiger partial charge >= 0.3 is 0 Å². The molecule has 1 N–H and O–H groups in total. The number of carbonyl (C=O) groups is 1. The normalized spacial score (nSPS) is 14.5. The molecule has 4 heteroatoms. The lowest BCUT2D eigenvalue weighted by molar-refractivity contribution is 0.104.